The Morgan fingerprint density at radius 1 is 1.18 bits per heavy atom. The number of thiophene rings is 2. The molecule has 0 radical (unpaired) electrons. The molecule has 1 atom stereocenters. The maximum absolute atomic E-state index is 12.8. The minimum absolute atomic E-state index is 0.200. The summed E-state index contributed by atoms with van der Waals surface area (Å²) in [5, 5.41) is 5.80. The zero-order valence-corrected chi connectivity index (χ0v) is 17.4. The molecule has 6 heteroatoms. The fraction of sp³-hybridized carbons (Fsp3) is 0.182. The fourth-order valence-electron chi connectivity index (χ4n) is 3.05. The van der Waals surface area contributed by atoms with Gasteiger partial charge in [0, 0.05) is 11.1 Å². The number of benzene rings is 1. The molecule has 0 fully saturated rings. The molecule has 0 spiro atoms. The maximum Gasteiger partial charge on any atom is 0.267 e. The molecule has 4 aromatic rings. The molecule has 3 N–H and O–H groups in total. The summed E-state index contributed by atoms with van der Waals surface area (Å²) in [7, 11) is 0. The van der Waals surface area contributed by atoms with Crippen molar-refractivity contribution >= 4 is 50.2 Å². The minimum atomic E-state index is -0.200. The Bertz CT molecular complexity index is 1110. The van der Waals surface area contributed by atoms with Gasteiger partial charge in [0.2, 0.25) is 0 Å². The lowest BCUT2D eigenvalue weighted by Gasteiger charge is -2.10. The number of anilines is 2. The van der Waals surface area contributed by atoms with Gasteiger partial charge in [-0.25, -0.2) is 4.98 Å². The zero-order chi connectivity index (χ0) is 19.7. The largest absolute Gasteiger partial charge is 0.397 e. The predicted octanol–water partition coefficient (Wildman–Crippen LogP) is 6.37. The molecule has 0 aliphatic rings. The van der Waals surface area contributed by atoms with Crippen molar-refractivity contribution in [2.75, 3.05) is 11.1 Å². The first kappa shape index (κ1) is 18.7. The Balaban J connectivity index is 1.59. The normalized spacial score (nSPS) is 12.2. The first-order valence-corrected chi connectivity index (χ1v) is 10.9. The molecule has 0 bridgehead atoms. The summed E-state index contributed by atoms with van der Waals surface area (Å²) in [6.45, 7) is 4.37. The van der Waals surface area contributed by atoms with Gasteiger partial charge in [0.05, 0.1) is 16.3 Å². The molecule has 1 unspecified atom stereocenters. The van der Waals surface area contributed by atoms with Gasteiger partial charge in [0.15, 0.2) is 0 Å². The van der Waals surface area contributed by atoms with Crippen molar-refractivity contribution in [3.63, 3.8) is 0 Å². The number of nitrogens with two attached hydrogens (primary N) is 1. The van der Waals surface area contributed by atoms with E-state index in [9.17, 15) is 4.79 Å². The molecule has 0 saturated heterocycles. The number of fused-ring (bicyclic) bond motifs is 1. The molecule has 0 aliphatic carbocycles. The number of rotatable bonds is 5. The highest BCUT2D eigenvalue weighted by Gasteiger charge is 2.18. The van der Waals surface area contributed by atoms with Gasteiger partial charge in [-0.15, -0.1) is 22.7 Å². The van der Waals surface area contributed by atoms with E-state index in [-0.39, 0.29) is 5.91 Å². The summed E-state index contributed by atoms with van der Waals surface area (Å²) in [5.41, 5.74) is 9.68. The number of amides is 1. The van der Waals surface area contributed by atoms with Gasteiger partial charge < -0.3 is 11.1 Å². The van der Waals surface area contributed by atoms with E-state index in [1.54, 1.807) is 11.3 Å². The number of pyridine rings is 1. The van der Waals surface area contributed by atoms with Crippen LogP contribution < -0.4 is 11.1 Å². The number of nitrogen functional groups attached to an aromatic ring is 1. The highest BCUT2D eigenvalue weighted by molar-refractivity contribution is 7.21. The minimum Gasteiger partial charge on any atom is -0.397 e. The Hall–Kier alpha value is -2.70. The summed E-state index contributed by atoms with van der Waals surface area (Å²) >= 11 is 2.97. The van der Waals surface area contributed by atoms with Gasteiger partial charge in [-0.05, 0) is 53.6 Å². The number of nitrogens with zero attached hydrogens (tertiary/aromatic N) is 1. The van der Waals surface area contributed by atoms with E-state index < -0.39 is 0 Å². The molecule has 142 valence electrons. The van der Waals surface area contributed by atoms with E-state index in [2.05, 4.69) is 31.3 Å². The van der Waals surface area contributed by atoms with Crippen molar-refractivity contribution in [3.8, 4) is 10.6 Å². The highest BCUT2D eigenvalue weighted by atomic mass is 32.1. The SMILES string of the molecule is CCC(C)c1ccc(NC(=O)c2sc3nc(-c4cccs4)ccc3c2N)cc1. The molecule has 1 aromatic carbocycles. The Labute approximate surface area is 172 Å². The van der Waals surface area contributed by atoms with Crippen LogP contribution in [0.1, 0.15) is 41.4 Å². The molecular weight excluding hydrogens is 386 g/mol. The van der Waals surface area contributed by atoms with Crippen LogP contribution in [0.25, 0.3) is 20.8 Å². The van der Waals surface area contributed by atoms with Crippen molar-refractivity contribution in [1.29, 1.82) is 0 Å². The monoisotopic (exact) mass is 407 g/mol. The number of carbonyl (C=O) groups excluding carboxylic acids is 1. The third kappa shape index (κ3) is 3.53. The number of hydrogen-bond donors (Lipinski definition) is 2. The van der Waals surface area contributed by atoms with Crippen LogP contribution in [-0.2, 0) is 0 Å². The van der Waals surface area contributed by atoms with E-state index >= 15 is 0 Å². The third-order valence-electron chi connectivity index (χ3n) is 4.92. The lowest BCUT2D eigenvalue weighted by atomic mass is 9.99. The van der Waals surface area contributed by atoms with Crippen LogP contribution in [0.5, 0.6) is 0 Å². The molecule has 4 rings (SSSR count). The molecule has 3 aromatic heterocycles. The number of carbonyl (C=O) groups is 1. The first-order chi connectivity index (χ1) is 13.6. The van der Waals surface area contributed by atoms with E-state index in [0.717, 1.165) is 32.9 Å². The van der Waals surface area contributed by atoms with Crippen molar-refractivity contribution in [2.45, 2.75) is 26.2 Å². The van der Waals surface area contributed by atoms with Crippen molar-refractivity contribution in [2.24, 2.45) is 0 Å². The second-order valence-corrected chi connectivity index (χ2v) is 8.70. The standard InChI is InChI=1S/C22H21N3OS2/c1-3-13(2)14-6-8-15(9-7-14)24-21(26)20-19(23)16-10-11-17(25-22(16)28-20)18-5-4-12-27-18/h4-13H,3,23H2,1-2H3,(H,24,26). The number of hydrogen-bond acceptors (Lipinski definition) is 5. The van der Waals surface area contributed by atoms with Crippen LogP contribution in [0.4, 0.5) is 11.4 Å². The van der Waals surface area contributed by atoms with E-state index in [1.165, 1.54) is 16.9 Å². The maximum atomic E-state index is 12.8. The Kier molecular flexibility index (Phi) is 5.15. The van der Waals surface area contributed by atoms with Crippen molar-refractivity contribution in [3.05, 3.63) is 64.4 Å². The molecule has 1 amide bonds. The van der Waals surface area contributed by atoms with E-state index in [0.29, 0.717) is 16.5 Å². The van der Waals surface area contributed by atoms with E-state index in [1.807, 2.05) is 41.8 Å². The summed E-state index contributed by atoms with van der Waals surface area (Å²) in [6, 6.07) is 15.9. The molecular formula is C22H21N3OS2. The average molecular weight is 408 g/mol. The lowest BCUT2D eigenvalue weighted by molar-refractivity contribution is 0.103. The smallest absolute Gasteiger partial charge is 0.267 e. The van der Waals surface area contributed by atoms with Crippen LogP contribution in [0.3, 0.4) is 0 Å². The molecule has 28 heavy (non-hydrogen) atoms. The lowest BCUT2D eigenvalue weighted by Crippen LogP contribution is -2.12. The Morgan fingerprint density at radius 2 is 1.96 bits per heavy atom. The third-order valence-corrected chi connectivity index (χ3v) is 6.93. The first-order valence-electron chi connectivity index (χ1n) is 9.21. The van der Waals surface area contributed by atoms with Gasteiger partial charge >= 0.3 is 0 Å². The summed E-state index contributed by atoms with van der Waals surface area (Å²) in [6.07, 6.45) is 1.09. The second kappa shape index (κ2) is 7.73. The number of aromatic nitrogens is 1. The van der Waals surface area contributed by atoms with Crippen molar-refractivity contribution in [1.82, 2.24) is 4.98 Å². The summed E-state index contributed by atoms with van der Waals surface area (Å²) in [5.74, 6) is 0.307. The van der Waals surface area contributed by atoms with Crippen LogP contribution in [0.2, 0.25) is 0 Å². The van der Waals surface area contributed by atoms with Gasteiger partial charge in [0.1, 0.15) is 9.71 Å². The highest BCUT2D eigenvalue weighted by Crippen LogP contribution is 2.35. The molecule has 3 heterocycles. The molecule has 4 nitrogen and oxygen atoms in total. The van der Waals surface area contributed by atoms with Gasteiger partial charge in [-0.1, -0.05) is 32.0 Å². The van der Waals surface area contributed by atoms with Crippen LogP contribution in [0.15, 0.2) is 53.9 Å². The van der Waals surface area contributed by atoms with Crippen molar-refractivity contribution < 1.29 is 4.79 Å². The van der Waals surface area contributed by atoms with Crippen LogP contribution in [0, 0.1) is 0 Å². The van der Waals surface area contributed by atoms with Crippen LogP contribution >= 0.6 is 22.7 Å². The predicted molar refractivity (Wildman–Crippen MR) is 120 cm³/mol. The molecule has 0 aliphatic heterocycles. The van der Waals surface area contributed by atoms with Gasteiger partial charge in [0.25, 0.3) is 5.91 Å². The van der Waals surface area contributed by atoms with Crippen LogP contribution in [-0.4, -0.2) is 10.9 Å². The average Bonchev–Trinajstić information content (AvgIpc) is 3.36. The van der Waals surface area contributed by atoms with Gasteiger partial charge in [-0.2, -0.15) is 0 Å². The second-order valence-electron chi connectivity index (χ2n) is 6.76. The van der Waals surface area contributed by atoms with E-state index in [4.69, 9.17) is 10.7 Å². The Morgan fingerprint density at radius 3 is 2.64 bits per heavy atom. The summed E-state index contributed by atoms with van der Waals surface area (Å²) < 4.78 is 0. The zero-order valence-electron chi connectivity index (χ0n) is 15.7. The van der Waals surface area contributed by atoms with Gasteiger partial charge in [-0.3, -0.25) is 4.79 Å². The summed E-state index contributed by atoms with van der Waals surface area (Å²) in [4.78, 5) is 19.9. The fourth-order valence-corrected chi connectivity index (χ4v) is 4.73. The quantitative estimate of drug-likeness (QED) is 0.404. The number of nitrogens with one attached hydrogen (secondary N) is 1. The molecule has 0 saturated carbocycles. The topological polar surface area (TPSA) is 68.0 Å².